The molecule has 2 nitrogen and oxygen atoms in total. The second-order valence-corrected chi connectivity index (χ2v) is 8.06. The van der Waals surface area contributed by atoms with E-state index in [0.717, 1.165) is 35.7 Å². The highest BCUT2D eigenvalue weighted by Gasteiger charge is 2.42. The molecular weight excluding hydrogens is 335 g/mol. The molecule has 1 aromatic rings. The van der Waals surface area contributed by atoms with Gasteiger partial charge in [-0.3, -0.25) is 4.79 Å². The molecule has 3 rings (SSSR count). The lowest BCUT2D eigenvalue weighted by molar-refractivity contribution is -0.137. The zero-order valence-corrected chi connectivity index (χ0v) is 14.4. The average Bonchev–Trinajstić information content (AvgIpc) is 3.15. The Hall–Kier alpha value is -1.17. The lowest BCUT2D eigenvalue weighted by Crippen LogP contribution is -2.40. The van der Waals surface area contributed by atoms with Gasteiger partial charge in [-0.2, -0.15) is 13.2 Å². The highest BCUT2D eigenvalue weighted by atomic mass is 32.2. The van der Waals surface area contributed by atoms with E-state index in [9.17, 15) is 18.0 Å². The van der Waals surface area contributed by atoms with Gasteiger partial charge in [0.25, 0.3) is 0 Å². The van der Waals surface area contributed by atoms with Gasteiger partial charge >= 0.3 is 6.18 Å². The van der Waals surface area contributed by atoms with Crippen LogP contribution >= 0.6 is 11.8 Å². The molecule has 2 fully saturated rings. The first-order chi connectivity index (χ1) is 11.3. The second kappa shape index (κ2) is 6.98. The van der Waals surface area contributed by atoms with Crippen LogP contribution in [0.2, 0.25) is 0 Å². The Morgan fingerprint density at radius 1 is 1.33 bits per heavy atom. The number of amides is 1. The summed E-state index contributed by atoms with van der Waals surface area (Å²) in [4.78, 5) is 12.6. The third-order valence-electron chi connectivity index (χ3n) is 5.35. The first kappa shape index (κ1) is 17.6. The van der Waals surface area contributed by atoms with Crippen molar-refractivity contribution in [2.45, 2.75) is 49.7 Å². The monoisotopic (exact) mass is 357 g/mol. The number of halogens is 3. The minimum Gasteiger partial charge on any atom is -0.353 e. The summed E-state index contributed by atoms with van der Waals surface area (Å²) in [6, 6.07) is 5.27. The van der Waals surface area contributed by atoms with Crippen LogP contribution in [0.25, 0.3) is 0 Å². The lowest BCUT2D eigenvalue weighted by Gasteiger charge is -2.28. The van der Waals surface area contributed by atoms with Crippen LogP contribution in [-0.2, 0) is 11.0 Å². The molecule has 2 saturated carbocycles. The maximum absolute atomic E-state index is 12.7. The zero-order valence-electron chi connectivity index (χ0n) is 13.6. The van der Waals surface area contributed by atoms with Crippen LogP contribution in [0.1, 0.15) is 38.2 Å². The largest absolute Gasteiger partial charge is 0.416 e. The molecule has 0 aromatic heterocycles. The van der Waals surface area contributed by atoms with Crippen molar-refractivity contribution >= 4 is 17.7 Å². The highest BCUT2D eigenvalue weighted by Crippen LogP contribution is 2.49. The molecule has 0 spiro atoms. The SMILES string of the molecule is CC(NC(=O)CSc1cccc(C(F)(F)F)c1)C1CC2CCC1C2. The van der Waals surface area contributed by atoms with Gasteiger partial charge in [-0.25, -0.2) is 0 Å². The van der Waals surface area contributed by atoms with Gasteiger partial charge < -0.3 is 5.32 Å². The van der Waals surface area contributed by atoms with E-state index in [2.05, 4.69) is 12.2 Å². The minimum atomic E-state index is -4.35. The number of nitrogens with one attached hydrogen (secondary N) is 1. The Balaban J connectivity index is 1.49. The van der Waals surface area contributed by atoms with Crippen LogP contribution in [-0.4, -0.2) is 17.7 Å². The molecule has 1 aromatic carbocycles. The van der Waals surface area contributed by atoms with E-state index in [1.165, 1.54) is 31.7 Å². The molecule has 2 aliphatic carbocycles. The van der Waals surface area contributed by atoms with Crippen LogP contribution in [0.15, 0.2) is 29.2 Å². The Labute approximate surface area is 144 Å². The molecule has 0 heterocycles. The number of rotatable bonds is 5. The van der Waals surface area contributed by atoms with Crippen LogP contribution in [0.4, 0.5) is 13.2 Å². The summed E-state index contributed by atoms with van der Waals surface area (Å²) >= 11 is 1.15. The predicted octanol–water partition coefficient (Wildman–Crippen LogP) is 4.74. The first-order valence-electron chi connectivity index (χ1n) is 8.42. The van der Waals surface area contributed by atoms with Gasteiger partial charge in [-0.15, -0.1) is 11.8 Å². The molecule has 2 bridgehead atoms. The van der Waals surface area contributed by atoms with Gasteiger partial charge in [0.15, 0.2) is 0 Å². The smallest absolute Gasteiger partial charge is 0.353 e. The molecule has 1 amide bonds. The summed E-state index contributed by atoms with van der Waals surface area (Å²) in [5, 5.41) is 3.04. The fourth-order valence-corrected chi connectivity index (χ4v) is 4.99. The van der Waals surface area contributed by atoms with Crippen molar-refractivity contribution in [1.82, 2.24) is 5.32 Å². The summed E-state index contributed by atoms with van der Waals surface area (Å²) in [5.74, 6) is 2.17. The van der Waals surface area contributed by atoms with Gasteiger partial charge in [0.1, 0.15) is 0 Å². The van der Waals surface area contributed by atoms with Crippen LogP contribution in [0.5, 0.6) is 0 Å². The zero-order chi connectivity index (χ0) is 17.3. The maximum atomic E-state index is 12.7. The summed E-state index contributed by atoms with van der Waals surface area (Å²) in [6.07, 6.45) is 0.744. The molecule has 1 N–H and O–H groups in total. The van der Waals surface area contributed by atoms with Gasteiger partial charge in [-0.05, 0) is 62.1 Å². The summed E-state index contributed by atoms with van der Waals surface area (Å²) in [6.45, 7) is 2.05. The third-order valence-corrected chi connectivity index (χ3v) is 6.35. The third kappa shape index (κ3) is 4.08. The number of hydrogen-bond acceptors (Lipinski definition) is 2. The van der Waals surface area contributed by atoms with Crippen molar-refractivity contribution in [3.05, 3.63) is 29.8 Å². The quantitative estimate of drug-likeness (QED) is 0.771. The van der Waals surface area contributed by atoms with Crippen LogP contribution in [0.3, 0.4) is 0 Å². The van der Waals surface area contributed by atoms with Crippen molar-refractivity contribution in [1.29, 1.82) is 0 Å². The number of thioether (sulfide) groups is 1. The van der Waals surface area contributed by atoms with Crippen molar-refractivity contribution in [2.75, 3.05) is 5.75 Å². The van der Waals surface area contributed by atoms with Gasteiger partial charge in [0.2, 0.25) is 5.91 Å². The standard InChI is InChI=1S/C18H22F3NOS/c1-11(16-8-12-5-6-13(16)7-12)22-17(23)10-24-15-4-2-3-14(9-15)18(19,20)21/h2-4,9,11-13,16H,5-8,10H2,1H3,(H,22,23). The van der Waals surface area contributed by atoms with Crippen molar-refractivity contribution < 1.29 is 18.0 Å². The number of carbonyl (C=O) groups is 1. The molecule has 0 aliphatic heterocycles. The number of benzene rings is 1. The molecule has 132 valence electrons. The summed E-state index contributed by atoms with van der Waals surface area (Å²) in [5.41, 5.74) is -0.678. The number of fused-ring (bicyclic) bond motifs is 2. The molecule has 4 unspecified atom stereocenters. The number of hydrogen-bond donors (Lipinski definition) is 1. The Morgan fingerprint density at radius 3 is 2.75 bits per heavy atom. The van der Waals surface area contributed by atoms with E-state index >= 15 is 0 Å². The Morgan fingerprint density at radius 2 is 2.12 bits per heavy atom. The molecular formula is C18H22F3NOS. The van der Waals surface area contributed by atoms with E-state index in [4.69, 9.17) is 0 Å². The molecule has 4 atom stereocenters. The lowest BCUT2D eigenvalue weighted by atomic mass is 9.84. The maximum Gasteiger partial charge on any atom is 0.416 e. The predicted molar refractivity (Wildman–Crippen MR) is 88.7 cm³/mol. The van der Waals surface area contributed by atoms with Gasteiger partial charge in [-0.1, -0.05) is 12.5 Å². The minimum absolute atomic E-state index is 0.104. The molecule has 2 aliphatic rings. The molecule has 0 saturated heterocycles. The Kier molecular flexibility index (Phi) is 5.13. The average molecular weight is 357 g/mol. The van der Waals surface area contributed by atoms with Crippen LogP contribution < -0.4 is 5.32 Å². The van der Waals surface area contributed by atoms with E-state index < -0.39 is 11.7 Å². The summed E-state index contributed by atoms with van der Waals surface area (Å²) < 4.78 is 38.1. The topological polar surface area (TPSA) is 29.1 Å². The van der Waals surface area contributed by atoms with Crippen molar-refractivity contribution in [3.63, 3.8) is 0 Å². The second-order valence-electron chi connectivity index (χ2n) is 7.01. The van der Waals surface area contributed by atoms with E-state index in [-0.39, 0.29) is 17.7 Å². The normalized spacial score (nSPS) is 27.2. The molecule has 6 heteroatoms. The highest BCUT2D eigenvalue weighted by molar-refractivity contribution is 8.00. The molecule has 24 heavy (non-hydrogen) atoms. The van der Waals surface area contributed by atoms with E-state index in [0.29, 0.717) is 10.8 Å². The number of carbonyl (C=O) groups excluding carboxylic acids is 1. The fourth-order valence-electron chi connectivity index (χ4n) is 4.22. The fraction of sp³-hybridized carbons (Fsp3) is 0.611. The first-order valence-corrected chi connectivity index (χ1v) is 9.41. The van der Waals surface area contributed by atoms with Crippen LogP contribution in [0, 0.1) is 17.8 Å². The number of alkyl halides is 3. The van der Waals surface area contributed by atoms with Gasteiger partial charge in [0.05, 0.1) is 11.3 Å². The van der Waals surface area contributed by atoms with Gasteiger partial charge in [0, 0.05) is 10.9 Å². The van der Waals surface area contributed by atoms with E-state index in [1.807, 2.05) is 0 Å². The summed E-state index contributed by atoms with van der Waals surface area (Å²) in [7, 11) is 0. The Bertz CT molecular complexity index is 604. The van der Waals surface area contributed by atoms with E-state index in [1.54, 1.807) is 6.07 Å². The van der Waals surface area contributed by atoms with Crippen molar-refractivity contribution in [3.8, 4) is 0 Å². The molecule has 0 radical (unpaired) electrons. The van der Waals surface area contributed by atoms with Crippen molar-refractivity contribution in [2.24, 2.45) is 17.8 Å².